The number of nitrogens with one attached hydrogen (secondary N) is 1. The maximum Gasteiger partial charge on any atom is 0.335 e. The van der Waals surface area contributed by atoms with Gasteiger partial charge in [0.2, 0.25) is 0 Å². The Balaban J connectivity index is 1.67. The molecule has 1 saturated heterocycles. The summed E-state index contributed by atoms with van der Waals surface area (Å²) in [6, 6.07) is 16.6. The van der Waals surface area contributed by atoms with Gasteiger partial charge >= 0.3 is 6.03 Å². The van der Waals surface area contributed by atoms with E-state index in [4.69, 9.17) is 4.42 Å². The summed E-state index contributed by atoms with van der Waals surface area (Å²) in [6.07, 6.45) is 1.27. The van der Waals surface area contributed by atoms with Gasteiger partial charge in [-0.05, 0) is 42.5 Å². The van der Waals surface area contributed by atoms with Gasteiger partial charge in [0.05, 0.1) is 5.69 Å². The molecule has 0 radical (unpaired) electrons. The number of barbiturate groups is 1. The van der Waals surface area contributed by atoms with E-state index in [0.29, 0.717) is 5.76 Å². The number of hydrogen-bond donors (Lipinski definition) is 1. The van der Waals surface area contributed by atoms with E-state index in [-0.39, 0.29) is 17.0 Å². The van der Waals surface area contributed by atoms with Crippen molar-refractivity contribution >= 4 is 29.6 Å². The van der Waals surface area contributed by atoms with Crippen molar-refractivity contribution in [1.82, 2.24) is 5.32 Å². The van der Waals surface area contributed by atoms with Crippen LogP contribution in [0.5, 0.6) is 0 Å². The summed E-state index contributed by atoms with van der Waals surface area (Å²) >= 11 is 0. The Morgan fingerprint density at radius 1 is 0.893 bits per heavy atom. The Hall–Kier alpha value is -4.00. The lowest BCUT2D eigenvalue weighted by molar-refractivity contribution is -0.122. The van der Waals surface area contributed by atoms with Crippen LogP contribution in [0.3, 0.4) is 0 Å². The molecule has 4 amide bonds. The largest absolute Gasteiger partial charge is 0.457 e. The van der Waals surface area contributed by atoms with Crippen LogP contribution < -0.4 is 10.2 Å². The molecule has 0 unspecified atom stereocenters. The van der Waals surface area contributed by atoms with Crippen LogP contribution in [-0.4, -0.2) is 17.8 Å². The summed E-state index contributed by atoms with van der Waals surface area (Å²) in [5.41, 5.74) is 0.722. The highest BCUT2D eigenvalue weighted by atomic mass is 19.1. The summed E-state index contributed by atoms with van der Waals surface area (Å²) in [5, 5.41) is 2.11. The van der Waals surface area contributed by atoms with Gasteiger partial charge in [0.15, 0.2) is 0 Å². The summed E-state index contributed by atoms with van der Waals surface area (Å²) in [5.74, 6) is -1.30. The third-order valence-electron chi connectivity index (χ3n) is 4.16. The quantitative estimate of drug-likeness (QED) is 0.558. The number of carbonyl (C=O) groups is 3. The molecule has 2 aromatic carbocycles. The zero-order valence-electron chi connectivity index (χ0n) is 14.4. The molecule has 4 rings (SSSR count). The Morgan fingerprint density at radius 2 is 1.61 bits per heavy atom. The maximum atomic E-state index is 13.1. The van der Waals surface area contributed by atoms with Gasteiger partial charge in [0, 0.05) is 5.56 Å². The number of benzene rings is 2. The molecule has 28 heavy (non-hydrogen) atoms. The molecular formula is C21H13FN2O4. The number of hydrogen-bond acceptors (Lipinski definition) is 4. The molecule has 0 aliphatic carbocycles. The van der Waals surface area contributed by atoms with Gasteiger partial charge in [-0.15, -0.1) is 0 Å². The molecule has 0 saturated carbocycles. The van der Waals surface area contributed by atoms with E-state index in [1.807, 2.05) is 30.3 Å². The van der Waals surface area contributed by atoms with E-state index < -0.39 is 23.7 Å². The average molecular weight is 376 g/mol. The van der Waals surface area contributed by atoms with Crippen molar-refractivity contribution in [3.05, 3.63) is 83.9 Å². The summed E-state index contributed by atoms with van der Waals surface area (Å²) < 4.78 is 18.8. The van der Waals surface area contributed by atoms with Crippen LogP contribution in [0.1, 0.15) is 5.76 Å². The zero-order valence-corrected chi connectivity index (χ0v) is 14.4. The average Bonchev–Trinajstić information content (AvgIpc) is 3.16. The highest BCUT2D eigenvalue weighted by molar-refractivity contribution is 6.39. The Kier molecular flexibility index (Phi) is 4.33. The molecule has 3 aromatic rings. The van der Waals surface area contributed by atoms with Gasteiger partial charge in [0.25, 0.3) is 11.8 Å². The first kappa shape index (κ1) is 17.4. The predicted octanol–water partition coefficient (Wildman–Crippen LogP) is 3.75. The highest BCUT2D eigenvalue weighted by Gasteiger charge is 2.37. The minimum Gasteiger partial charge on any atom is -0.457 e. The molecule has 1 N–H and O–H groups in total. The fourth-order valence-corrected chi connectivity index (χ4v) is 2.81. The number of urea groups is 1. The highest BCUT2D eigenvalue weighted by Crippen LogP contribution is 2.25. The molecule has 138 valence electrons. The van der Waals surface area contributed by atoms with Crippen molar-refractivity contribution in [1.29, 1.82) is 0 Å². The minimum atomic E-state index is -0.900. The van der Waals surface area contributed by atoms with Gasteiger partial charge in [0.1, 0.15) is 22.9 Å². The topological polar surface area (TPSA) is 79.6 Å². The van der Waals surface area contributed by atoms with E-state index in [0.717, 1.165) is 22.6 Å². The first-order valence-corrected chi connectivity index (χ1v) is 8.35. The monoisotopic (exact) mass is 376 g/mol. The van der Waals surface area contributed by atoms with E-state index in [9.17, 15) is 18.8 Å². The van der Waals surface area contributed by atoms with Crippen LogP contribution in [0.2, 0.25) is 0 Å². The van der Waals surface area contributed by atoms with E-state index >= 15 is 0 Å². The molecule has 6 nitrogen and oxygen atoms in total. The van der Waals surface area contributed by atoms with Gasteiger partial charge < -0.3 is 4.42 Å². The number of imide groups is 2. The number of furan rings is 1. The van der Waals surface area contributed by atoms with Gasteiger partial charge in [-0.2, -0.15) is 0 Å². The smallest absolute Gasteiger partial charge is 0.335 e. The van der Waals surface area contributed by atoms with Crippen molar-refractivity contribution < 1.29 is 23.2 Å². The number of anilines is 1. The molecule has 0 bridgehead atoms. The molecule has 1 aromatic heterocycles. The second kappa shape index (κ2) is 6.96. The molecular weight excluding hydrogens is 363 g/mol. The SMILES string of the molecule is O=C1NC(=O)N(c2ccc(F)cc2)C(=O)C1=Cc1ccc(-c2ccccc2)o1. The van der Waals surface area contributed by atoms with Gasteiger partial charge in [-0.1, -0.05) is 30.3 Å². The normalized spacial score (nSPS) is 15.8. The van der Waals surface area contributed by atoms with Gasteiger partial charge in [-0.25, -0.2) is 14.1 Å². The van der Waals surface area contributed by atoms with Crippen molar-refractivity contribution in [2.75, 3.05) is 4.90 Å². The van der Waals surface area contributed by atoms with Crippen molar-refractivity contribution in [2.24, 2.45) is 0 Å². The van der Waals surface area contributed by atoms with Crippen LogP contribution in [0.15, 0.2) is 76.7 Å². The third-order valence-corrected chi connectivity index (χ3v) is 4.16. The second-order valence-corrected chi connectivity index (χ2v) is 6.00. The molecule has 0 spiro atoms. The summed E-state index contributed by atoms with van der Waals surface area (Å²) in [7, 11) is 0. The lowest BCUT2D eigenvalue weighted by Crippen LogP contribution is -2.54. The number of rotatable bonds is 3. The predicted molar refractivity (Wildman–Crippen MR) is 99.5 cm³/mol. The van der Waals surface area contributed by atoms with Crippen LogP contribution in [-0.2, 0) is 9.59 Å². The van der Waals surface area contributed by atoms with E-state index in [2.05, 4.69) is 5.32 Å². The van der Waals surface area contributed by atoms with E-state index in [1.54, 1.807) is 12.1 Å². The van der Waals surface area contributed by atoms with E-state index in [1.165, 1.54) is 18.2 Å². The maximum absolute atomic E-state index is 13.1. The molecule has 1 fully saturated rings. The molecule has 1 aliphatic heterocycles. The van der Waals surface area contributed by atoms with Crippen molar-refractivity contribution in [3.63, 3.8) is 0 Å². The lowest BCUT2D eigenvalue weighted by Gasteiger charge is -2.26. The first-order chi connectivity index (χ1) is 13.5. The summed E-state index contributed by atoms with van der Waals surface area (Å²) in [6.45, 7) is 0. The molecule has 7 heteroatoms. The number of halogens is 1. The Bertz CT molecular complexity index is 1100. The third kappa shape index (κ3) is 3.21. The first-order valence-electron chi connectivity index (χ1n) is 8.35. The van der Waals surface area contributed by atoms with Crippen molar-refractivity contribution in [2.45, 2.75) is 0 Å². The number of carbonyl (C=O) groups excluding carboxylic acids is 3. The van der Waals surface area contributed by atoms with Crippen molar-refractivity contribution in [3.8, 4) is 11.3 Å². The van der Waals surface area contributed by atoms with Crippen LogP contribution in [0.25, 0.3) is 17.4 Å². The molecule has 1 aliphatic rings. The van der Waals surface area contributed by atoms with Crippen LogP contribution >= 0.6 is 0 Å². The molecule has 0 atom stereocenters. The standard InChI is InChI=1S/C21H13FN2O4/c22-14-6-8-15(9-7-14)24-20(26)17(19(25)23-21(24)27)12-16-10-11-18(28-16)13-4-2-1-3-5-13/h1-12H,(H,23,25,27). The fourth-order valence-electron chi connectivity index (χ4n) is 2.81. The minimum absolute atomic E-state index is 0.145. The fraction of sp³-hybridized carbons (Fsp3) is 0. The van der Waals surface area contributed by atoms with Crippen LogP contribution in [0, 0.1) is 5.82 Å². The van der Waals surface area contributed by atoms with Gasteiger partial charge in [-0.3, -0.25) is 14.9 Å². The number of nitrogens with zero attached hydrogens (tertiary/aromatic N) is 1. The zero-order chi connectivity index (χ0) is 19.7. The van der Waals surface area contributed by atoms with Crippen LogP contribution in [0.4, 0.5) is 14.9 Å². The Labute approximate surface area is 158 Å². The number of amides is 4. The Morgan fingerprint density at radius 3 is 2.32 bits per heavy atom. The summed E-state index contributed by atoms with van der Waals surface area (Å²) in [4.78, 5) is 37.8. The lowest BCUT2D eigenvalue weighted by atomic mass is 10.1. The molecule has 2 heterocycles. The second-order valence-electron chi connectivity index (χ2n) is 6.00.